The highest BCUT2D eigenvalue weighted by atomic mass is 79.9. The Morgan fingerprint density at radius 1 is 0.900 bits per heavy atom. The Hall–Kier alpha value is -0.680. The Bertz CT molecular complexity index is 580. The molecule has 0 aromatic heterocycles. The zero-order valence-electron chi connectivity index (χ0n) is 10.9. The normalized spacial score (nSPS) is 11.6. The van der Waals surface area contributed by atoms with Crippen molar-refractivity contribution in [2.45, 2.75) is 11.8 Å². The van der Waals surface area contributed by atoms with E-state index in [0.29, 0.717) is 6.42 Å². The van der Waals surface area contributed by atoms with E-state index in [2.05, 4.69) is 31.9 Å². The molecule has 0 aliphatic heterocycles. The van der Waals surface area contributed by atoms with Gasteiger partial charge in [0.05, 0.1) is 13.2 Å². The van der Waals surface area contributed by atoms with Crippen LogP contribution in [0.5, 0.6) is 0 Å². The summed E-state index contributed by atoms with van der Waals surface area (Å²) < 4.78 is 1.93. The van der Waals surface area contributed by atoms with Crippen molar-refractivity contribution < 1.29 is 10.2 Å². The second-order valence-corrected chi connectivity index (χ2v) is 6.65. The lowest BCUT2D eigenvalue weighted by Gasteiger charge is -2.31. The number of benzene rings is 2. The van der Waals surface area contributed by atoms with E-state index in [4.69, 9.17) is 0 Å². The summed E-state index contributed by atoms with van der Waals surface area (Å²) in [5.74, 6) is 0. The lowest BCUT2D eigenvalue weighted by Crippen LogP contribution is -2.37. The predicted molar refractivity (Wildman–Crippen MR) is 87.8 cm³/mol. The molecule has 106 valence electrons. The maximum Gasteiger partial charge on any atom is 0.0553 e. The summed E-state index contributed by atoms with van der Waals surface area (Å²) >= 11 is 6.96. The molecule has 0 aliphatic carbocycles. The molecule has 2 nitrogen and oxygen atoms in total. The maximum atomic E-state index is 9.88. The van der Waals surface area contributed by atoms with Gasteiger partial charge in [0.1, 0.15) is 0 Å². The summed E-state index contributed by atoms with van der Waals surface area (Å²) in [5.41, 5.74) is 1.30. The summed E-state index contributed by atoms with van der Waals surface area (Å²) in [6, 6.07) is 15.6. The Morgan fingerprint density at radius 3 is 2.20 bits per heavy atom. The largest absolute Gasteiger partial charge is 0.395 e. The van der Waals surface area contributed by atoms with Crippen molar-refractivity contribution in [3.63, 3.8) is 0 Å². The Morgan fingerprint density at radius 2 is 1.60 bits per heavy atom. The van der Waals surface area contributed by atoms with Crippen LogP contribution in [0.25, 0.3) is 0 Å². The topological polar surface area (TPSA) is 40.5 Å². The van der Waals surface area contributed by atoms with Crippen LogP contribution < -0.4 is 0 Å². The van der Waals surface area contributed by atoms with Crippen LogP contribution in [0.2, 0.25) is 0 Å². The molecule has 0 bridgehead atoms. The van der Waals surface area contributed by atoms with Crippen molar-refractivity contribution in [3.8, 4) is 0 Å². The molecule has 4 heteroatoms. The monoisotopic (exact) mass is 398 g/mol. The quantitative estimate of drug-likeness (QED) is 0.805. The minimum Gasteiger partial charge on any atom is -0.395 e. The molecule has 0 atom stereocenters. The highest BCUT2D eigenvalue weighted by Crippen LogP contribution is 2.32. The molecule has 20 heavy (non-hydrogen) atoms. The lowest BCUT2D eigenvalue weighted by molar-refractivity contribution is 0.116. The van der Waals surface area contributed by atoms with Crippen molar-refractivity contribution in [2.75, 3.05) is 13.2 Å². The van der Waals surface area contributed by atoms with E-state index < -0.39 is 5.41 Å². The molecule has 0 heterocycles. The van der Waals surface area contributed by atoms with Crippen LogP contribution >= 0.6 is 31.9 Å². The third-order valence-corrected chi connectivity index (χ3v) is 4.80. The van der Waals surface area contributed by atoms with Gasteiger partial charge < -0.3 is 10.2 Å². The van der Waals surface area contributed by atoms with Gasteiger partial charge in [0.25, 0.3) is 0 Å². The van der Waals surface area contributed by atoms with Gasteiger partial charge in [-0.1, -0.05) is 62.2 Å². The predicted octanol–water partition coefficient (Wildman–Crippen LogP) is 3.68. The minimum absolute atomic E-state index is 0.110. The fourth-order valence-electron chi connectivity index (χ4n) is 2.27. The summed E-state index contributed by atoms with van der Waals surface area (Å²) in [4.78, 5) is 0. The average Bonchev–Trinajstić information content (AvgIpc) is 2.47. The number of rotatable bonds is 5. The lowest BCUT2D eigenvalue weighted by atomic mass is 9.77. The van der Waals surface area contributed by atoms with E-state index in [-0.39, 0.29) is 13.2 Å². The van der Waals surface area contributed by atoms with Gasteiger partial charge in [0.15, 0.2) is 0 Å². The van der Waals surface area contributed by atoms with Crippen molar-refractivity contribution in [1.29, 1.82) is 0 Å². The van der Waals surface area contributed by atoms with Gasteiger partial charge in [-0.25, -0.2) is 0 Å². The van der Waals surface area contributed by atoms with Crippen LogP contribution in [0.3, 0.4) is 0 Å². The van der Waals surface area contributed by atoms with Crippen molar-refractivity contribution >= 4 is 31.9 Å². The molecule has 0 radical (unpaired) electrons. The van der Waals surface area contributed by atoms with Crippen LogP contribution in [-0.4, -0.2) is 23.4 Å². The number of aliphatic hydroxyl groups excluding tert-OH is 2. The summed E-state index contributed by atoms with van der Waals surface area (Å²) in [6.07, 6.45) is 0.567. The molecule has 0 saturated carbocycles. The Labute approximate surface area is 135 Å². The van der Waals surface area contributed by atoms with E-state index in [1.54, 1.807) is 0 Å². The van der Waals surface area contributed by atoms with Gasteiger partial charge in [0, 0.05) is 14.4 Å². The molecule has 0 fully saturated rings. The first-order chi connectivity index (χ1) is 9.61. The van der Waals surface area contributed by atoms with E-state index in [1.807, 2.05) is 48.5 Å². The molecular formula is C16H16Br2O2. The third-order valence-electron chi connectivity index (χ3n) is 3.53. The Balaban J connectivity index is 2.42. The van der Waals surface area contributed by atoms with Gasteiger partial charge in [0.2, 0.25) is 0 Å². The minimum atomic E-state index is -0.687. The van der Waals surface area contributed by atoms with Gasteiger partial charge in [-0.15, -0.1) is 0 Å². The molecular weight excluding hydrogens is 384 g/mol. The molecule has 0 saturated heterocycles. The molecule has 2 N–H and O–H groups in total. The molecule has 2 rings (SSSR count). The Kier molecular flexibility index (Phi) is 5.38. The standard InChI is InChI=1S/C16H16Br2O2/c17-14-6-3-5-13(8-14)16(10-19,11-20)9-12-4-1-2-7-15(12)18/h1-8,19-20H,9-11H2. The third kappa shape index (κ3) is 3.31. The van der Waals surface area contributed by atoms with Crippen molar-refractivity contribution in [2.24, 2.45) is 0 Å². The van der Waals surface area contributed by atoms with E-state index in [9.17, 15) is 10.2 Å². The van der Waals surface area contributed by atoms with Crippen LogP contribution in [-0.2, 0) is 11.8 Å². The fourth-order valence-corrected chi connectivity index (χ4v) is 3.10. The van der Waals surface area contributed by atoms with Gasteiger partial charge in [-0.05, 0) is 35.7 Å². The van der Waals surface area contributed by atoms with Crippen LogP contribution in [0, 0.1) is 0 Å². The number of hydrogen-bond donors (Lipinski definition) is 2. The summed E-state index contributed by atoms with van der Waals surface area (Å²) in [6.45, 7) is -0.220. The highest BCUT2D eigenvalue weighted by molar-refractivity contribution is 9.10. The first-order valence-electron chi connectivity index (χ1n) is 6.32. The van der Waals surface area contributed by atoms with E-state index in [0.717, 1.165) is 20.1 Å². The van der Waals surface area contributed by atoms with Crippen molar-refractivity contribution in [3.05, 3.63) is 68.6 Å². The summed E-state index contributed by atoms with van der Waals surface area (Å²) in [7, 11) is 0. The zero-order chi connectivity index (χ0) is 14.6. The van der Waals surface area contributed by atoms with Gasteiger partial charge in [-0.3, -0.25) is 0 Å². The smallest absolute Gasteiger partial charge is 0.0553 e. The van der Waals surface area contributed by atoms with Gasteiger partial charge in [-0.2, -0.15) is 0 Å². The maximum absolute atomic E-state index is 9.88. The van der Waals surface area contributed by atoms with Crippen LogP contribution in [0.1, 0.15) is 11.1 Å². The summed E-state index contributed by atoms with van der Waals surface area (Å²) in [5, 5.41) is 19.8. The second-order valence-electron chi connectivity index (χ2n) is 4.88. The first kappa shape index (κ1) is 15.7. The number of halogens is 2. The van der Waals surface area contributed by atoms with Crippen molar-refractivity contribution in [1.82, 2.24) is 0 Å². The first-order valence-corrected chi connectivity index (χ1v) is 7.91. The average molecular weight is 400 g/mol. The molecule has 0 amide bonds. The molecule has 0 unspecified atom stereocenters. The van der Waals surface area contributed by atoms with Gasteiger partial charge >= 0.3 is 0 Å². The van der Waals surface area contributed by atoms with Crippen LogP contribution in [0.4, 0.5) is 0 Å². The molecule has 0 spiro atoms. The SMILES string of the molecule is OCC(CO)(Cc1ccccc1Br)c1cccc(Br)c1. The van der Waals surface area contributed by atoms with E-state index in [1.165, 1.54) is 0 Å². The molecule has 0 aliphatic rings. The second kappa shape index (κ2) is 6.85. The number of hydrogen-bond acceptors (Lipinski definition) is 2. The highest BCUT2D eigenvalue weighted by Gasteiger charge is 2.32. The van der Waals surface area contributed by atoms with Crippen LogP contribution in [0.15, 0.2) is 57.5 Å². The molecule has 2 aromatic carbocycles. The molecule has 2 aromatic rings. The van der Waals surface area contributed by atoms with E-state index >= 15 is 0 Å². The fraction of sp³-hybridized carbons (Fsp3) is 0.250. The number of aliphatic hydroxyl groups is 2. The zero-order valence-corrected chi connectivity index (χ0v) is 14.1.